The number of allylic oxidation sites excluding steroid dienone is 4. The van der Waals surface area contributed by atoms with Gasteiger partial charge in [-0.15, -0.1) is 0 Å². The minimum Gasteiger partial charge on any atom is -0.493 e. The summed E-state index contributed by atoms with van der Waals surface area (Å²) in [4.78, 5) is 31.8. The van der Waals surface area contributed by atoms with E-state index in [9.17, 15) is 9.59 Å². The van der Waals surface area contributed by atoms with Gasteiger partial charge in [0.15, 0.2) is 6.04 Å². The standard InChI is InChI=1S/C30H36N2O5/c1-4-5-6-11-28(33)32-18-16-23-13-14-24(20-25(23)29(32)30(34)35-3)36-19-17-26-21(2)37-27(31-26)15-12-22-9-7-8-10-22/h4-6,11-15,20,22,29H,7-10,16-19H2,1-3H3/b5-4?,11-6?,15-12+. The van der Waals surface area contributed by atoms with E-state index in [4.69, 9.17) is 13.9 Å². The maximum atomic E-state index is 12.8. The summed E-state index contributed by atoms with van der Waals surface area (Å²) in [6.45, 7) is 4.65. The van der Waals surface area contributed by atoms with Crippen LogP contribution in [-0.2, 0) is 27.2 Å². The second-order valence-corrected chi connectivity index (χ2v) is 9.51. The lowest BCUT2D eigenvalue weighted by Gasteiger charge is -2.35. The first-order chi connectivity index (χ1) is 18.0. The highest BCUT2D eigenvalue weighted by atomic mass is 16.5. The Morgan fingerprint density at radius 3 is 2.78 bits per heavy atom. The summed E-state index contributed by atoms with van der Waals surface area (Å²) in [5.74, 6) is 2.00. The van der Waals surface area contributed by atoms with Crippen LogP contribution >= 0.6 is 0 Å². The van der Waals surface area contributed by atoms with Gasteiger partial charge in [0.2, 0.25) is 11.8 Å². The van der Waals surface area contributed by atoms with Gasteiger partial charge in [-0.3, -0.25) is 4.79 Å². The van der Waals surface area contributed by atoms with Crippen LogP contribution in [0.3, 0.4) is 0 Å². The van der Waals surface area contributed by atoms with Gasteiger partial charge in [0, 0.05) is 19.0 Å². The molecule has 37 heavy (non-hydrogen) atoms. The van der Waals surface area contributed by atoms with Crippen LogP contribution < -0.4 is 4.74 Å². The molecule has 1 amide bonds. The van der Waals surface area contributed by atoms with E-state index >= 15 is 0 Å². The molecule has 2 heterocycles. The number of methoxy groups -OCH3 is 1. The lowest BCUT2D eigenvalue weighted by Crippen LogP contribution is -2.43. The van der Waals surface area contributed by atoms with Crippen LogP contribution in [0, 0.1) is 12.8 Å². The third kappa shape index (κ3) is 6.59. The van der Waals surface area contributed by atoms with Gasteiger partial charge in [0.1, 0.15) is 11.5 Å². The lowest BCUT2D eigenvalue weighted by molar-refractivity contribution is -0.152. The maximum Gasteiger partial charge on any atom is 0.333 e. The van der Waals surface area contributed by atoms with Crippen LogP contribution in [0.2, 0.25) is 0 Å². The summed E-state index contributed by atoms with van der Waals surface area (Å²) in [6.07, 6.45) is 17.3. The predicted molar refractivity (Wildman–Crippen MR) is 142 cm³/mol. The molecule has 0 bridgehead atoms. The Hall–Kier alpha value is -3.61. The zero-order chi connectivity index (χ0) is 26.2. The highest BCUT2D eigenvalue weighted by Gasteiger charge is 2.36. The van der Waals surface area contributed by atoms with Crippen molar-refractivity contribution in [1.29, 1.82) is 0 Å². The number of hydrogen-bond donors (Lipinski definition) is 0. The molecule has 1 fully saturated rings. The molecule has 1 atom stereocenters. The number of aryl methyl sites for hydroxylation is 1. The molecule has 196 valence electrons. The number of rotatable bonds is 9. The maximum absolute atomic E-state index is 12.8. The monoisotopic (exact) mass is 504 g/mol. The van der Waals surface area contributed by atoms with Gasteiger partial charge < -0.3 is 18.8 Å². The van der Waals surface area contributed by atoms with E-state index in [1.54, 1.807) is 17.1 Å². The first-order valence-corrected chi connectivity index (χ1v) is 13.1. The zero-order valence-corrected chi connectivity index (χ0v) is 21.9. The van der Waals surface area contributed by atoms with Crippen LogP contribution in [0.1, 0.15) is 67.1 Å². The zero-order valence-electron chi connectivity index (χ0n) is 21.9. The van der Waals surface area contributed by atoms with Gasteiger partial charge in [-0.2, -0.15) is 0 Å². The third-order valence-corrected chi connectivity index (χ3v) is 7.02. The topological polar surface area (TPSA) is 81.9 Å². The Morgan fingerprint density at radius 1 is 1.22 bits per heavy atom. The fraction of sp³-hybridized carbons (Fsp3) is 0.433. The molecular formula is C30H36N2O5. The number of amides is 1. The number of carbonyl (C=O) groups is 2. The van der Waals surface area contributed by atoms with Gasteiger partial charge in [-0.25, -0.2) is 9.78 Å². The number of oxazole rings is 1. The quantitative estimate of drug-likeness (QED) is 0.253. The molecular weight excluding hydrogens is 468 g/mol. The second kappa shape index (κ2) is 12.6. The Morgan fingerprint density at radius 2 is 2.03 bits per heavy atom. The van der Waals surface area contributed by atoms with Crippen molar-refractivity contribution in [2.45, 2.75) is 58.4 Å². The largest absolute Gasteiger partial charge is 0.493 e. The highest BCUT2D eigenvalue weighted by molar-refractivity contribution is 5.92. The molecule has 2 aromatic rings. The van der Waals surface area contributed by atoms with Gasteiger partial charge in [-0.05, 0) is 68.4 Å². The summed E-state index contributed by atoms with van der Waals surface area (Å²) in [5.41, 5.74) is 2.62. The van der Waals surface area contributed by atoms with Gasteiger partial charge >= 0.3 is 5.97 Å². The molecule has 1 aromatic carbocycles. The lowest BCUT2D eigenvalue weighted by atomic mass is 9.92. The molecule has 1 aromatic heterocycles. The molecule has 0 spiro atoms. The summed E-state index contributed by atoms with van der Waals surface area (Å²) in [6, 6.07) is 4.90. The van der Waals surface area contributed by atoms with Gasteiger partial charge in [-0.1, -0.05) is 43.2 Å². The van der Waals surface area contributed by atoms with E-state index in [0.717, 1.165) is 22.6 Å². The first-order valence-electron chi connectivity index (χ1n) is 13.1. The van der Waals surface area contributed by atoms with Crippen molar-refractivity contribution >= 4 is 18.0 Å². The summed E-state index contributed by atoms with van der Waals surface area (Å²) >= 11 is 0. The third-order valence-electron chi connectivity index (χ3n) is 7.02. The average molecular weight is 505 g/mol. The van der Waals surface area contributed by atoms with E-state index < -0.39 is 12.0 Å². The van der Waals surface area contributed by atoms with Crippen LogP contribution in [-0.4, -0.2) is 42.0 Å². The number of ether oxygens (including phenoxy) is 2. The number of esters is 1. The summed E-state index contributed by atoms with van der Waals surface area (Å²) < 4.78 is 16.9. The number of benzene rings is 1. The Bertz CT molecular complexity index is 1190. The van der Waals surface area contributed by atoms with Crippen molar-refractivity contribution in [3.05, 3.63) is 77.1 Å². The van der Waals surface area contributed by atoms with Crippen molar-refractivity contribution < 1.29 is 23.5 Å². The minimum absolute atomic E-state index is 0.232. The molecule has 2 aliphatic rings. The second-order valence-electron chi connectivity index (χ2n) is 9.51. The van der Waals surface area contributed by atoms with E-state index in [-0.39, 0.29) is 5.91 Å². The fourth-order valence-electron chi connectivity index (χ4n) is 5.02. The van der Waals surface area contributed by atoms with Crippen molar-refractivity contribution in [2.75, 3.05) is 20.3 Å². The number of aromatic nitrogens is 1. The SMILES string of the molecule is CC=CC=CC(=O)N1CCc2ccc(OCCc3nc(/C=C/C4CCCC4)oc3C)cc2C1C(=O)OC. The number of carbonyl (C=O) groups excluding carboxylic acids is 2. The molecule has 0 N–H and O–H groups in total. The number of nitrogens with zero attached hydrogens (tertiary/aromatic N) is 2. The van der Waals surface area contributed by atoms with Crippen LogP contribution in [0.15, 0.2) is 53.0 Å². The Labute approximate surface area is 218 Å². The molecule has 7 nitrogen and oxygen atoms in total. The molecule has 7 heteroatoms. The fourth-order valence-corrected chi connectivity index (χ4v) is 5.02. The normalized spacial score (nSPS) is 18.2. The summed E-state index contributed by atoms with van der Waals surface area (Å²) in [5, 5.41) is 0. The van der Waals surface area contributed by atoms with Crippen molar-refractivity contribution in [1.82, 2.24) is 9.88 Å². The number of hydrogen-bond acceptors (Lipinski definition) is 6. The molecule has 0 radical (unpaired) electrons. The smallest absolute Gasteiger partial charge is 0.333 e. The van der Waals surface area contributed by atoms with Crippen molar-refractivity contribution in [3.63, 3.8) is 0 Å². The van der Waals surface area contributed by atoms with Crippen LogP contribution in [0.5, 0.6) is 5.75 Å². The van der Waals surface area contributed by atoms with E-state index in [1.165, 1.54) is 38.9 Å². The molecule has 0 saturated heterocycles. The number of fused-ring (bicyclic) bond motifs is 1. The van der Waals surface area contributed by atoms with E-state index in [1.807, 2.05) is 44.2 Å². The Kier molecular flexibility index (Phi) is 8.99. The molecule has 1 saturated carbocycles. The van der Waals surface area contributed by atoms with E-state index in [0.29, 0.717) is 43.6 Å². The van der Waals surface area contributed by atoms with E-state index in [2.05, 4.69) is 11.1 Å². The summed E-state index contributed by atoms with van der Waals surface area (Å²) in [7, 11) is 1.34. The average Bonchev–Trinajstić information content (AvgIpc) is 3.55. The minimum atomic E-state index is -0.813. The Balaban J connectivity index is 1.43. The van der Waals surface area contributed by atoms with Crippen LogP contribution in [0.4, 0.5) is 0 Å². The highest BCUT2D eigenvalue weighted by Crippen LogP contribution is 2.34. The van der Waals surface area contributed by atoms with Gasteiger partial charge in [0.25, 0.3) is 0 Å². The first kappa shape index (κ1) is 26.5. The molecule has 1 aliphatic carbocycles. The van der Waals surface area contributed by atoms with Crippen LogP contribution in [0.25, 0.3) is 6.08 Å². The van der Waals surface area contributed by atoms with Gasteiger partial charge in [0.05, 0.1) is 19.4 Å². The molecule has 4 rings (SSSR count). The van der Waals surface area contributed by atoms with Crippen molar-refractivity contribution in [2.24, 2.45) is 5.92 Å². The predicted octanol–water partition coefficient (Wildman–Crippen LogP) is 5.54. The van der Waals surface area contributed by atoms with Crippen molar-refractivity contribution in [3.8, 4) is 5.75 Å². The molecule has 1 unspecified atom stereocenters. The molecule has 1 aliphatic heterocycles.